The van der Waals surface area contributed by atoms with Gasteiger partial charge in [0.05, 0.1) is 11.3 Å². The Balaban J connectivity index is 2.06. The van der Waals surface area contributed by atoms with Crippen LogP contribution in [0.25, 0.3) is 11.3 Å². The number of halogens is 14. The molecule has 0 saturated carbocycles. The maximum Gasteiger partial charge on any atom is 0.460 e. The minimum Gasteiger partial charge on any atom is -0.471 e. The second-order valence-electron chi connectivity index (χ2n) is 7.67. The summed E-state index contributed by atoms with van der Waals surface area (Å²) in [7, 11) is 0. The molecule has 18 heteroatoms. The van der Waals surface area contributed by atoms with E-state index in [1.807, 2.05) is 0 Å². The zero-order valence-electron chi connectivity index (χ0n) is 17.7. The maximum absolute atomic E-state index is 14.3. The molecule has 1 aliphatic rings. The number of alkyl halides is 9. The van der Waals surface area contributed by atoms with Crippen molar-refractivity contribution < 1.29 is 66.2 Å². The molecule has 1 aromatic carbocycles. The summed E-state index contributed by atoms with van der Waals surface area (Å²) in [5, 5.41) is 0. The summed E-state index contributed by atoms with van der Waals surface area (Å²) in [6.07, 6.45) is -6.16. The molecule has 0 radical (unpaired) electrons. The molecule has 2 heterocycles. The van der Waals surface area contributed by atoms with E-state index in [2.05, 4.69) is 14.7 Å². The van der Waals surface area contributed by atoms with Gasteiger partial charge in [-0.15, -0.1) is 0 Å². The highest BCUT2D eigenvalue weighted by Gasteiger charge is 2.81. The van der Waals surface area contributed by atoms with Crippen molar-refractivity contribution in [3.8, 4) is 17.1 Å². The van der Waals surface area contributed by atoms with Gasteiger partial charge in [-0.1, -0.05) is 0 Å². The van der Waals surface area contributed by atoms with Gasteiger partial charge in [-0.3, -0.25) is 0 Å². The zero-order valence-corrected chi connectivity index (χ0v) is 17.7. The second-order valence-corrected chi connectivity index (χ2v) is 7.67. The van der Waals surface area contributed by atoms with E-state index in [1.165, 1.54) is 4.90 Å². The highest BCUT2D eigenvalue weighted by atomic mass is 19.4. The molecule has 1 aromatic heterocycles. The lowest BCUT2D eigenvalue weighted by Crippen LogP contribution is -2.62. The van der Waals surface area contributed by atoms with Gasteiger partial charge in [0.15, 0.2) is 29.9 Å². The lowest BCUT2D eigenvalue weighted by atomic mass is 10.0. The van der Waals surface area contributed by atoms with Gasteiger partial charge >= 0.3 is 23.9 Å². The molecule has 1 saturated heterocycles. The van der Waals surface area contributed by atoms with Gasteiger partial charge in [-0.05, 0) is 12.8 Å². The fourth-order valence-electron chi connectivity index (χ4n) is 3.17. The van der Waals surface area contributed by atoms with Crippen molar-refractivity contribution in [1.82, 2.24) is 9.97 Å². The molecule has 4 nitrogen and oxygen atoms in total. The number of hydrogen-bond donors (Lipinski definition) is 0. The van der Waals surface area contributed by atoms with Crippen LogP contribution in [0.1, 0.15) is 12.8 Å². The van der Waals surface area contributed by atoms with E-state index >= 15 is 0 Å². The van der Waals surface area contributed by atoms with Crippen molar-refractivity contribution in [3.05, 3.63) is 35.2 Å². The van der Waals surface area contributed by atoms with Gasteiger partial charge in [-0.2, -0.15) is 44.5 Å². The predicted molar refractivity (Wildman–Crippen MR) is 95.1 cm³/mol. The molecule has 1 fully saturated rings. The Morgan fingerprint density at radius 2 is 1.19 bits per heavy atom. The average molecular weight is 563 g/mol. The van der Waals surface area contributed by atoms with Crippen LogP contribution < -0.4 is 9.64 Å². The average Bonchev–Trinajstić information content (AvgIpc) is 3.34. The summed E-state index contributed by atoms with van der Waals surface area (Å²) >= 11 is 0. The van der Waals surface area contributed by atoms with E-state index in [1.54, 1.807) is 0 Å². The SMILES string of the molecule is Fc1c(F)c(F)c(-c2cc(OCC(F)(F)C(F)(F)C(F)(F)C(F)(F)F)nc(N3CCCC3)n2)c(F)c1F. The third-order valence-electron chi connectivity index (χ3n) is 5.16. The lowest BCUT2D eigenvalue weighted by molar-refractivity contribution is -0.398. The van der Waals surface area contributed by atoms with Crippen LogP contribution in [0.5, 0.6) is 5.88 Å². The van der Waals surface area contributed by atoms with Gasteiger partial charge in [0.25, 0.3) is 0 Å². The smallest absolute Gasteiger partial charge is 0.460 e. The molecule has 0 atom stereocenters. The Labute approximate surface area is 196 Å². The minimum atomic E-state index is -7.21. The van der Waals surface area contributed by atoms with Crippen LogP contribution in [0, 0.1) is 29.1 Å². The van der Waals surface area contributed by atoms with Gasteiger partial charge in [0, 0.05) is 19.2 Å². The molecule has 2 aromatic rings. The molecular formula is C19H11F14N3O. The summed E-state index contributed by atoms with van der Waals surface area (Å²) in [5.41, 5.74) is -2.89. The summed E-state index contributed by atoms with van der Waals surface area (Å²) in [5.74, 6) is -34.7. The van der Waals surface area contributed by atoms with Gasteiger partial charge in [-0.25, -0.2) is 26.9 Å². The monoisotopic (exact) mass is 563 g/mol. The summed E-state index contributed by atoms with van der Waals surface area (Å²) in [6.45, 7) is -2.63. The first-order valence-corrected chi connectivity index (χ1v) is 9.82. The third-order valence-corrected chi connectivity index (χ3v) is 5.16. The summed E-state index contributed by atoms with van der Waals surface area (Å²) in [4.78, 5) is 8.24. The number of aromatic nitrogens is 2. The number of ether oxygens (including phenoxy) is 1. The molecule has 206 valence electrons. The zero-order chi connectivity index (χ0) is 28.1. The molecule has 1 aliphatic heterocycles. The van der Waals surface area contributed by atoms with Crippen LogP contribution in [-0.4, -0.2) is 53.6 Å². The lowest BCUT2D eigenvalue weighted by Gasteiger charge is -2.33. The molecule has 0 unspecified atom stereocenters. The van der Waals surface area contributed by atoms with E-state index in [-0.39, 0.29) is 19.2 Å². The Morgan fingerprint density at radius 3 is 1.68 bits per heavy atom. The Kier molecular flexibility index (Phi) is 7.19. The molecule has 0 bridgehead atoms. The van der Waals surface area contributed by atoms with Crippen molar-refractivity contribution >= 4 is 5.95 Å². The number of hydrogen-bond acceptors (Lipinski definition) is 4. The van der Waals surface area contributed by atoms with Crippen LogP contribution >= 0.6 is 0 Å². The van der Waals surface area contributed by atoms with Crippen molar-refractivity contribution in [3.63, 3.8) is 0 Å². The largest absolute Gasteiger partial charge is 0.471 e. The van der Waals surface area contributed by atoms with Crippen LogP contribution in [-0.2, 0) is 0 Å². The minimum absolute atomic E-state index is 0.117. The first-order valence-electron chi connectivity index (χ1n) is 9.82. The predicted octanol–water partition coefficient (Wildman–Crippen LogP) is 6.29. The highest BCUT2D eigenvalue weighted by molar-refractivity contribution is 5.64. The highest BCUT2D eigenvalue weighted by Crippen LogP contribution is 2.53. The number of benzene rings is 1. The topological polar surface area (TPSA) is 38.2 Å². The van der Waals surface area contributed by atoms with Crippen LogP contribution in [0.4, 0.5) is 67.4 Å². The number of nitrogens with zero attached hydrogens (tertiary/aromatic N) is 3. The van der Waals surface area contributed by atoms with Gasteiger partial charge in [0.1, 0.15) is 0 Å². The maximum atomic E-state index is 14.3. The second kappa shape index (κ2) is 9.34. The van der Waals surface area contributed by atoms with E-state index in [9.17, 15) is 61.5 Å². The van der Waals surface area contributed by atoms with Crippen LogP contribution in [0.3, 0.4) is 0 Å². The first kappa shape index (κ1) is 28.5. The third kappa shape index (κ3) is 4.81. The Bertz CT molecular complexity index is 1150. The Hall–Kier alpha value is -3.08. The first-order chi connectivity index (χ1) is 16.8. The molecule has 0 spiro atoms. The summed E-state index contributed by atoms with van der Waals surface area (Å²) in [6, 6.07) is 0.147. The standard InChI is InChI=1S/C19H11F14N3O/c20-10-9(11(21)13(23)14(24)12(10)22)7-5-8(35-15(34-7)36-3-1-2-4-36)37-6-16(25,26)17(27,28)18(29,30)19(31,32)33/h5H,1-4,6H2. The van der Waals surface area contributed by atoms with Crippen LogP contribution in [0.2, 0.25) is 0 Å². The van der Waals surface area contributed by atoms with E-state index in [0.29, 0.717) is 12.8 Å². The fraction of sp³-hybridized carbons (Fsp3) is 0.474. The van der Waals surface area contributed by atoms with Crippen molar-refractivity contribution in [1.29, 1.82) is 0 Å². The molecule has 37 heavy (non-hydrogen) atoms. The van der Waals surface area contributed by atoms with E-state index in [4.69, 9.17) is 0 Å². The van der Waals surface area contributed by atoms with Crippen molar-refractivity contribution in [2.24, 2.45) is 0 Å². The van der Waals surface area contributed by atoms with E-state index < -0.39 is 82.7 Å². The van der Waals surface area contributed by atoms with E-state index in [0.717, 1.165) is 0 Å². The number of anilines is 1. The molecule has 0 aliphatic carbocycles. The molecule has 3 rings (SSSR count). The van der Waals surface area contributed by atoms with Crippen molar-refractivity contribution in [2.75, 3.05) is 24.6 Å². The van der Waals surface area contributed by atoms with Gasteiger partial charge in [0.2, 0.25) is 17.6 Å². The molecule has 0 amide bonds. The van der Waals surface area contributed by atoms with Crippen molar-refractivity contribution in [2.45, 2.75) is 36.8 Å². The molecular weight excluding hydrogens is 552 g/mol. The normalized spacial score (nSPS) is 15.5. The quantitative estimate of drug-likeness (QED) is 0.226. The Morgan fingerprint density at radius 1 is 0.703 bits per heavy atom. The van der Waals surface area contributed by atoms with Crippen LogP contribution in [0.15, 0.2) is 6.07 Å². The fourth-order valence-corrected chi connectivity index (χ4v) is 3.17. The summed E-state index contributed by atoms with van der Waals surface area (Å²) < 4.78 is 191. The molecule has 0 N–H and O–H groups in total. The number of rotatable bonds is 7. The van der Waals surface area contributed by atoms with Gasteiger partial charge < -0.3 is 9.64 Å².